The van der Waals surface area contributed by atoms with E-state index in [1.165, 1.54) is 35.6 Å². The summed E-state index contributed by atoms with van der Waals surface area (Å²) in [6.07, 6.45) is -0.0545. The molecule has 1 radical (unpaired) electrons. The Bertz CT molecular complexity index is 592. The van der Waals surface area contributed by atoms with E-state index in [1.807, 2.05) is 0 Å². The second kappa shape index (κ2) is 5.83. The smallest absolute Gasteiger partial charge is 0.270 e. The molecule has 0 saturated carbocycles. The minimum atomic E-state index is -4.50. The highest BCUT2D eigenvalue weighted by atomic mass is 35.5. The molecular formula is C13H10ClF4N2. The molecule has 2 nitrogen and oxygen atoms in total. The average molecular weight is 306 g/mol. The SMILES string of the molecule is FCCn1cc([CH]c2cccc(C(F)(F)F)c2Cl)cn1. The lowest BCUT2D eigenvalue weighted by atomic mass is 10.0. The molecule has 0 unspecified atom stereocenters. The number of rotatable bonds is 4. The number of benzene rings is 1. The molecule has 0 N–H and O–H groups in total. The van der Waals surface area contributed by atoms with Gasteiger partial charge in [-0.25, -0.2) is 4.39 Å². The van der Waals surface area contributed by atoms with Gasteiger partial charge in [-0.3, -0.25) is 4.68 Å². The lowest BCUT2D eigenvalue weighted by Crippen LogP contribution is -2.06. The van der Waals surface area contributed by atoms with Crippen molar-refractivity contribution < 1.29 is 17.6 Å². The first-order valence-electron chi connectivity index (χ1n) is 5.70. The molecule has 0 aliphatic heterocycles. The highest BCUT2D eigenvalue weighted by Crippen LogP contribution is 2.37. The molecule has 7 heteroatoms. The molecule has 20 heavy (non-hydrogen) atoms. The van der Waals surface area contributed by atoms with Gasteiger partial charge < -0.3 is 0 Å². The Hall–Kier alpha value is -1.56. The van der Waals surface area contributed by atoms with Crippen LogP contribution in [0, 0.1) is 6.42 Å². The van der Waals surface area contributed by atoms with Gasteiger partial charge in [0.2, 0.25) is 0 Å². The predicted octanol–water partition coefficient (Wildman–Crippen LogP) is 4.13. The van der Waals surface area contributed by atoms with Crippen molar-refractivity contribution in [2.24, 2.45) is 0 Å². The zero-order chi connectivity index (χ0) is 14.8. The number of halogens is 5. The summed E-state index contributed by atoms with van der Waals surface area (Å²) in [4.78, 5) is 0. The van der Waals surface area contributed by atoms with Crippen LogP contribution in [0.4, 0.5) is 17.6 Å². The van der Waals surface area contributed by atoms with Crippen LogP contribution in [0.25, 0.3) is 0 Å². The van der Waals surface area contributed by atoms with E-state index in [0.29, 0.717) is 5.56 Å². The number of hydrogen-bond acceptors (Lipinski definition) is 1. The molecule has 0 aliphatic carbocycles. The largest absolute Gasteiger partial charge is 0.417 e. The molecule has 1 aromatic carbocycles. The van der Waals surface area contributed by atoms with E-state index in [9.17, 15) is 17.6 Å². The van der Waals surface area contributed by atoms with Gasteiger partial charge in [0.05, 0.1) is 23.3 Å². The number of hydrogen-bond donors (Lipinski definition) is 0. The normalized spacial score (nSPS) is 11.8. The summed E-state index contributed by atoms with van der Waals surface area (Å²) in [5.74, 6) is 0. The van der Waals surface area contributed by atoms with E-state index in [0.717, 1.165) is 6.07 Å². The third-order valence-corrected chi connectivity index (χ3v) is 3.04. The summed E-state index contributed by atoms with van der Waals surface area (Å²) in [7, 11) is 0. The Labute approximate surface area is 118 Å². The van der Waals surface area contributed by atoms with Crippen molar-refractivity contribution in [3.63, 3.8) is 0 Å². The zero-order valence-electron chi connectivity index (χ0n) is 10.2. The Morgan fingerprint density at radius 3 is 2.70 bits per heavy atom. The molecule has 0 atom stereocenters. The quantitative estimate of drug-likeness (QED) is 0.777. The molecule has 2 rings (SSSR count). The summed E-state index contributed by atoms with van der Waals surface area (Å²) >= 11 is 5.77. The first-order chi connectivity index (χ1) is 9.41. The maximum absolute atomic E-state index is 12.7. The first-order valence-corrected chi connectivity index (χ1v) is 6.08. The minimum absolute atomic E-state index is 0.101. The average Bonchev–Trinajstić information content (AvgIpc) is 2.78. The molecule has 2 aromatic rings. The van der Waals surface area contributed by atoms with E-state index >= 15 is 0 Å². The summed E-state index contributed by atoms with van der Waals surface area (Å²) < 4.78 is 51.7. The van der Waals surface area contributed by atoms with Crippen LogP contribution in [0.3, 0.4) is 0 Å². The fraction of sp³-hybridized carbons (Fsp3) is 0.231. The third-order valence-electron chi connectivity index (χ3n) is 2.62. The number of alkyl halides is 4. The summed E-state index contributed by atoms with van der Waals surface area (Å²) in [6, 6.07) is 3.68. The maximum Gasteiger partial charge on any atom is 0.417 e. The first kappa shape index (κ1) is 14.8. The van der Waals surface area contributed by atoms with Crippen LogP contribution in [-0.4, -0.2) is 16.5 Å². The van der Waals surface area contributed by atoms with Gasteiger partial charge in [-0.2, -0.15) is 18.3 Å². The molecule has 1 heterocycles. The van der Waals surface area contributed by atoms with Crippen molar-refractivity contribution >= 4 is 11.6 Å². The van der Waals surface area contributed by atoms with Gasteiger partial charge in [0.25, 0.3) is 0 Å². The highest BCUT2D eigenvalue weighted by molar-refractivity contribution is 6.32. The van der Waals surface area contributed by atoms with Crippen LogP contribution < -0.4 is 0 Å². The molecular weight excluding hydrogens is 296 g/mol. The van der Waals surface area contributed by atoms with Crippen molar-refractivity contribution in [1.82, 2.24) is 9.78 Å². The molecule has 0 saturated heterocycles. The topological polar surface area (TPSA) is 17.8 Å². The van der Waals surface area contributed by atoms with Crippen molar-refractivity contribution in [2.45, 2.75) is 12.7 Å². The van der Waals surface area contributed by atoms with Gasteiger partial charge in [-0.1, -0.05) is 23.7 Å². The fourth-order valence-electron chi connectivity index (χ4n) is 1.72. The highest BCUT2D eigenvalue weighted by Gasteiger charge is 2.33. The van der Waals surface area contributed by atoms with Crippen molar-refractivity contribution in [2.75, 3.05) is 6.67 Å². The van der Waals surface area contributed by atoms with E-state index in [-0.39, 0.29) is 17.1 Å². The van der Waals surface area contributed by atoms with Gasteiger partial charge >= 0.3 is 6.18 Å². The number of aromatic nitrogens is 2. The van der Waals surface area contributed by atoms with Crippen LogP contribution in [0.15, 0.2) is 30.6 Å². The van der Waals surface area contributed by atoms with Crippen LogP contribution in [-0.2, 0) is 12.7 Å². The van der Waals surface area contributed by atoms with Gasteiger partial charge in [0, 0.05) is 12.6 Å². The van der Waals surface area contributed by atoms with Crippen molar-refractivity contribution in [3.8, 4) is 0 Å². The molecule has 0 aliphatic rings. The van der Waals surface area contributed by atoms with Crippen LogP contribution >= 0.6 is 11.6 Å². The standard InChI is InChI=1S/C13H10ClF4N2/c14-12-10(2-1-3-11(12)13(16,17)18)6-9-7-19-20(8-9)5-4-15/h1-3,6-8H,4-5H2. The van der Waals surface area contributed by atoms with E-state index in [4.69, 9.17) is 11.6 Å². The monoisotopic (exact) mass is 305 g/mol. The number of aryl methyl sites for hydroxylation is 1. The Morgan fingerprint density at radius 1 is 1.30 bits per heavy atom. The van der Waals surface area contributed by atoms with E-state index < -0.39 is 18.4 Å². The Morgan fingerprint density at radius 2 is 2.05 bits per heavy atom. The predicted molar refractivity (Wildman–Crippen MR) is 67.2 cm³/mol. The van der Waals surface area contributed by atoms with E-state index in [1.54, 1.807) is 0 Å². The Kier molecular flexibility index (Phi) is 4.32. The lowest BCUT2D eigenvalue weighted by Gasteiger charge is -2.11. The Balaban J connectivity index is 2.25. The van der Waals surface area contributed by atoms with Crippen molar-refractivity contribution in [1.29, 1.82) is 0 Å². The summed E-state index contributed by atoms with van der Waals surface area (Å²) in [5, 5.41) is 3.52. The zero-order valence-corrected chi connectivity index (χ0v) is 10.9. The molecule has 0 spiro atoms. The van der Waals surface area contributed by atoms with Gasteiger partial charge in [0.15, 0.2) is 0 Å². The molecule has 0 amide bonds. The van der Waals surface area contributed by atoms with Crippen LogP contribution in [0.2, 0.25) is 5.02 Å². The second-order valence-electron chi connectivity index (χ2n) is 4.08. The van der Waals surface area contributed by atoms with Gasteiger partial charge in [-0.05, 0) is 17.2 Å². The maximum atomic E-state index is 12.7. The van der Waals surface area contributed by atoms with Crippen LogP contribution in [0.1, 0.15) is 16.7 Å². The van der Waals surface area contributed by atoms with Gasteiger partial charge in [0.1, 0.15) is 6.67 Å². The second-order valence-corrected chi connectivity index (χ2v) is 4.45. The van der Waals surface area contributed by atoms with Gasteiger partial charge in [-0.15, -0.1) is 0 Å². The molecule has 107 valence electrons. The van der Waals surface area contributed by atoms with Crippen LogP contribution in [0.5, 0.6) is 0 Å². The minimum Gasteiger partial charge on any atom is -0.270 e. The van der Waals surface area contributed by atoms with Crippen molar-refractivity contribution in [3.05, 3.63) is 58.7 Å². The lowest BCUT2D eigenvalue weighted by molar-refractivity contribution is -0.137. The fourth-order valence-corrected chi connectivity index (χ4v) is 2.01. The summed E-state index contributed by atoms with van der Waals surface area (Å²) in [6.45, 7) is -0.463. The molecule has 1 aromatic heterocycles. The molecule has 0 bridgehead atoms. The van der Waals surface area contributed by atoms with E-state index in [2.05, 4.69) is 5.10 Å². The third kappa shape index (κ3) is 3.30. The summed E-state index contributed by atoms with van der Waals surface area (Å²) in [5.41, 5.74) is -0.0926. The molecule has 0 fully saturated rings. The number of nitrogens with zero attached hydrogens (tertiary/aromatic N) is 2.